The third-order valence-corrected chi connectivity index (χ3v) is 5.51. The van der Waals surface area contributed by atoms with Crippen LogP contribution < -0.4 is 10.0 Å². The van der Waals surface area contributed by atoms with Gasteiger partial charge in [-0.25, -0.2) is 22.5 Å². The Hall–Kier alpha value is -3.57. The molecule has 0 saturated heterocycles. The molecule has 0 aliphatic rings. The van der Waals surface area contributed by atoms with Gasteiger partial charge < -0.3 is 5.32 Å². The van der Waals surface area contributed by atoms with Crippen LogP contribution in [0.2, 0.25) is 0 Å². The molecule has 0 fully saturated rings. The minimum atomic E-state index is -3.60. The number of benzene rings is 1. The maximum atomic E-state index is 12.4. The van der Waals surface area contributed by atoms with E-state index in [0.717, 1.165) is 5.69 Å². The monoisotopic (exact) mass is 410 g/mol. The summed E-state index contributed by atoms with van der Waals surface area (Å²) in [5.74, 6) is 1.14. The van der Waals surface area contributed by atoms with Gasteiger partial charge in [0.05, 0.1) is 10.6 Å². The average Bonchev–Trinajstić information content (AvgIpc) is 3.46. The van der Waals surface area contributed by atoms with Gasteiger partial charge in [0.1, 0.15) is 5.82 Å². The zero-order valence-corrected chi connectivity index (χ0v) is 16.1. The van der Waals surface area contributed by atoms with Crippen LogP contribution in [0.3, 0.4) is 0 Å². The highest BCUT2D eigenvalue weighted by molar-refractivity contribution is 7.89. The summed E-state index contributed by atoms with van der Waals surface area (Å²) in [6, 6.07) is 13.6. The molecule has 10 nitrogen and oxygen atoms in total. The summed E-state index contributed by atoms with van der Waals surface area (Å²) in [5, 5.41) is 19.3. The van der Waals surface area contributed by atoms with E-state index in [1.165, 1.54) is 0 Å². The normalized spacial score (nSPS) is 11.4. The van der Waals surface area contributed by atoms with Gasteiger partial charge in [-0.1, -0.05) is 0 Å². The van der Waals surface area contributed by atoms with Gasteiger partial charge in [0.25, 0.3) is 0 Å². The molecule has 29 heavy (non-hydrogen) atoms. The number of hydrogen-bond donors (Lipinski definition) is 2. The lowest BCUT2D eigenvalue weighted by Gasteiger charge is -2.09. The zero-order chi connectivity index (χ0) is 20.1. The first-order chi connectivity index (χ1) is 14.1. The van der Waals surface area contributed by atoms with Gasteiger partial charge in [-0.15, -0.1) is 10.2 Å². The molecule has 0 saturated carbocycles. The van der Waals surface area contributed by atoms with E-state index in [0.29, 0.717) is 18.2 Å². The Balaban J connectivity index is 1.29. The van der Waals surface area contributed by atoms with Crippen LogP contribution >= 0.6 is 0 Å². The molecule has 0 aliphatic heterocycles. The van der Waals surface area contributed by atoms with Crippen LogP contribution in [0.15, 0.2) is 78.2 Å². The van der Waals surface area contributed by atoms with Crippen LogP contribution in [0, 0.1) is 0 Å². The van der Waals surface area contributed by atoms with Crippen molar-refractivity contribution >= 4 is 15.8 Å². The van der Waals surface area contributed by atoms with Crippen LogP contribution in [-0.2, 0) is 10.0 Å². The van der Waals surface area contributed by atoms with Crippen LogP contribution in [0.4, 0.5) is 5.82 Å². The molecule has 0 amide bonds. The van der Waals surface area contributed by atoms with E-state index in [4.69, 9.17) is 0 Å². The molecule has 11 heteroatoms. The summed E-state index contributed by atoms with van der Waals surface area (Å²) < 4.78 is 30.7. The Bertz CT molecular complexity index is 1140. The van der Waals surface area contributed by atoms with Gasteiger partial charge in [-0.3, -0.25) is 0 Å². The molecule has 2 N–H and O–H groups in total. The van der Waals surface area contributed by atoms with E-state index in [1.807, 2.05) is 0 Å². The van der Waals surface area contributed by atoms with Gasteiger partial charge >= 0.3 is 0 Å². The summed E-state index contributed by atoms with van der Waals surface area (Å²) in [6.45, 7) is 0.562. The molecule has 4 rings (SSSR count). The molecule has 3 heterocycles. The number of anilines is 1. The van der Waals surface area contributed by atoms with Crippen LogP contribution in [-0.4, -0.2) is 51.3 Å². The fourth-order valence-electron chi connectivity index (χ4n) is 2.60. The molecule has 148 valence electrons. The first-order valence-corrected chi connectivity index (χ1v) is 10.3. The lowest BCUT2D eigenvalue weighted by molar-refractivity contribution is 0.583. The molecule has 1 aromatic carbocycles. The van der Waals surface area contributed by atoms with Crippen molar-refractivity contribution in [2.24, 2.45) is 0 Å². The maximum absolute atomic E-state index is 12.4. The van der Waals surface area contributed by atoms with Gasteiger partial charge in [-0.05, 0) is 48.5 Å². The second kappa shape index (κ2) is 8.20. The third kappa shape index (κ3) is 4.47. The van der Waals surface area contributed by atoms with Gasteiger partial charge in [-0.2, -0.15) is 10.2 Å². The summed E-state index contributed by atoms with van der Waals surface area (Å²) >= 11 is 0. The van der Waals surface area contributed by atoms with Crippen LogP contribution in [0.1, 0.15) is 0 Å². The second-order valence-electron chi connectivity index (χ2n) is 6.00. The van der Waals surface area contributed by atoms with E-state index >= 15 is 0 Å². The fourth-order valence-corrected chi connectivity index (χ4v) is 3.64. The molecule has 4 aromatic rings. The lowest BCUT2D eigenvalue weighted by Crippen LogP contribution is -2.29. The van der Waals surface area contributed by atoms with Crippen LogP contribution in [0.5, 0.6) is 0 Å². The Morgan fingerprint density at radius 3 is 2.17 bits per heavy atom. The number of nitrogens with one attached hydrogen (secondary N) is 2. The summed E-state index contributed by atoms with van der Waals surface area (Å²) in [6.07, 6.45) is 6.88. The predicted octanol–water partition coefficient (Wildman–Crippen LogP) is 1.24. The standard InChI is InChI=1S/C18H18N8O2S/c27-29(28,16-5-3-15(4-6-16)25-13-1-9-20-25)22-12-11-19-17-7-8-18(24-23-17)26-14-2-10-21-26/h1-10,13-14,22H,11-12H2,(H,19,23). The molecular formula is C18H18N8O2S. The summed E-state index contributed by atoms with van der Waals surface area (Å²) in [7, 11) is -3.60. The maximum Gasteiger partial charge on any atom is 0.240 e. The number of hydrogen-bond acceptors (Lipinski definition) is 7. The Kier molecular flexibility index (Phi) is 5.31. The minimum Gasteiger partial charge on any atom is -0.367 e. The van der Waals surface area contributed by atoms with Crippen molar-refractivity contribution in [2.75, 3.05) is 18.4 Å². The molecule has 0 unspecified atom stereocenters. The van der Waals surface area contributed by atoms with E-state index in [-0.39, 0.29) is 11.4 Å². The van der Waals surface area contributed by atoms with Gasteiger partial charge in [0, 0.05) is 37.9 Å². The van der Waals surface area contributed by atoms with Gasteiger partial charge in [0.15, 0.2) is 5.82 Å². The topological polar surface area (TPSA) is 120 Å². The van der Waals surface area contributed by atoms with E-state index in [1.54, 1.807) is 82.7 Å². The zero-order valence-electron chi connectivity index (χ0n) is 15.3. The highest BCUT2D eigenvalue weighted by Crippen LogP contribution is 2.13. The van der Waals surface area contributed by atoms with Crippen molar-refractivity contribution in [2.45, 2.75) is 4.90 Å². The Morgan fingerprint density at radius 1 is 0.828 bits per heavy atom. The molecule has 0 bridgehead atoms. The lowest BCUT2D eigenvalue weighted by atomic mass is 10.3. The van der Waals surface area contributed by atoms with Crippen LogP contribution in [0.25, 0.3) is 11.5 Å². The molecule has 3 aromatic heterocycles. The SMILES string of the molecule is O=S(=O)(NCCNc1ccc(-n2cccn2)nn1)c1ccc(-n2cccn2)cc1. The second-order valence-corrected chi connectivity index (χ2v) is 7.76. The van der Waals surface area contributed by atoms with E-state index in [2.05, 4.69) is 30.4 Å². The third-order valence-electron chi connectivity index (χ3n) is 4.03. The molecule has 0 atom stereocenters. The molecule has 0 spiro atoms. The van der Waals surface area contributed by atoms with E-state index < -0.39 is 10.0 Å². The first kappa shape index (κ1) is 18.8. The smallest absolute Gasteiger partial charge is 0.240 e. The molecule has 0 radical (unpaired) electrons. The van der Waals surface area contributed by atoms with Crippen molar-refractivity contribution in [3.8, 4) is 11.5 Å². The average molecular weight is 410 g/mol. The highest BCUT2D eigenvalue weighted by atomic mass is 32.2. The number of sulfonamides is 1. The van der Waals surface area contributed by atoms with Gasteiger partial charge in [0.2, 0.25) is 10.0 Å². The molecule has 0 aliphatic carbocycles. The number of nitrogens with zero attached hydrogens (tertiary/aromatic N) is 6. The minimum absolute atomic E-state index is 0.191. The largest absolute Gasteiger partial charge is 0.367 e. The Labute approximate surface area is 167 Å². The van der Waals surface area contributed by atoms with Crippen molar-refractivity contribution in [1.29, 1.82) is 0 Å². The molecular weight excluding hydrogens is 392 g/mol. The number of rotatable bonds is 8. The first-order valence-electron chi connectivity index (χ1n) is 8.79. The Morgan fingerprint density at radius 2 is 1.55 bits per heavy atom. The van der Waals surface area contributed by atoms with Crippen molar-refractivity contribution in [3.05, 3.63) is 73.3 Å². The predicted molar refractivity (Wildman–Crippen MR) is 106 cm³/mol. The number of aromatic nitrogens is 6. The quantitative estimate of drug-likeness (QED) is 0.419. The highest BCUT2D eigenvalue weighted by Gasteiger charge is 2.13. The van der Waals surface area contributed by atoms with Crippen molar-refractivity contribution in [1.82, 2.24) is 34.5 Å². The van der Waals surface area contributed by atoms with Crippen molar-refractivity contribution < 1.29 is 8.42 Å². The fraction of sp³-hybridized carbons (Fsp3) is 0.111. The van der Waals surface area contributed by atoms with Crippen molar-refractivity contribution in [3.63, 3.8) is 0 Å². The summed E-state index contributed by atoms with van der Waals surface area (Å²) in [4.78, 5) is 0.191. The van der Waals surface area contributed by atoms with E-state index in [9.17, 15) is 8.42 Å². The summed E-state index contributed by atoms with van der Waals surface area (Å²) in [5.41, 5.74) is 0.785.